The highest BCUT2D eigenvalue weighted by Gasteiger charge is 2.45. The number of hydrogen-bond acceptors (Lipinski definition) is 8. The zero-order valence-electron chi connectivity index (χ0n) is 17.6. The van der Waals surface area contributed by atoms with Gasteiger partial charge in [-0.2, -0.15) is 0 Å². The molecule has 0 unspecified atom stereocenters. The summed E-state index contributed by atoms with van der Waals surface area (Å²) in [6.45, 7) is 7.87. The average molecular weight is 414 g/mol. The highest BCUT2D eigenvalue weighted by Crippen LogP contribution is 2.34. The predicted molar refractivity (Wildman–Crippen MR) is 103 cm³/mol. The van der Waals surface area contributed by atoms with E-state index in [1.807, 2.05) is 0 Å². The van der Waals surface area contributed by atoms with Crippen LogP contribution >= 0.6 is 0 Å². The van der Waals surface area contributed by atoms with E-state index < -0.39 is 45.9 Å². The molecule has 2 aliphatic rings. The molecule has 0 aromatic carbocycles. The Bertz CT molecular complexity index is 930. The number of carbonyl (C=O) groups is 6. The van der Waals surface area contributed by atoms with Gasteiger partial charge >= 0.3 is 11.9 Å². The molecule has 0 radical (unpaired) electrons. The topological polar surface area (TPSA) is 121 Å². The number of esters is 2. The Morgan fingerprint density at radius 3 is 1.23 bits per heavy atom. The molecule has 0 N–H and O–H groups in total. The van der Waals surface area contributed by atoms with Crippen LogP contribution in [0.1, 0.15) is 41.5 Å². The van der Waals surface area contributed by atoms with Crippen LogP contribution in [0.2, 0.25) is 0 Å². The summed E-state index contributed by atoms with van der Waals surface area (Å²) in [5.41, 5.74) is -2.86. The lowest BCUT2D eigenvalue weighted by Gasteiger charge is -2.28. The monoisotopic (exact) mass is 414 g/mol. The second-order valence-electron chi connectivity index (χ2n) is 8.01. The molecular formula is C22H22O8. The van der Waals surface area contributed by atoms with Crippen LogP contribution in [0.5, 0.6) is 0 Å². The predicted octanol–water partition coefficient (Wildman–Crippen LogP) is 2.09. The summed E-state index contributed by atoms with van der Waals surface area (Å²) >= 11 is 0. The zero-order valence-corrected chi connectivity index (χ0v) is 17.6. The van der Waals surface area contributed by atoms with E-state index in [4.69, 9.17) is 9.47 Å². The Kier molecular flexibility index (Phi) is 5.93. The first kappa shape index (κ1) is 22.9. The lowest BCUT2D eigenvalue weighted by Crippen LogP contribution is -2.40. The lowest BCUT2D eigenvalue weighted by atomic mass is 9.74. The number of ketones is 4. The highest BCUT2D eigenvalue weighted by molar-refractivity contribution is 6.24. The van der Waals surface area contributed by atoms with Crippen LogP contribution in [0, 0.1) is 10.8 Å². The molecule has 30 heavy (non-hydrogen) atoms. The second kappa shape index (κ2) is 7.78. The molecule has 8 heteroatoms. The van der Waals surface area contributed by atoms with Crippen molar-refractivity contribution in [3.8, 4) is 0 Å². The van der Waals surface area contributed by atoms with Crippen molar-refractivity contribution < 1.29 is 38.2 Å². The quantitative estimate of drug-likeness (QED) is 0.391. The Morgan fingerprint density at radius 2 is 0.967 bits per heavy atom. The maximum atomic E-state index is 12.7. The molecule has 8 nitrogen and oxygen atoms in total. The van der Waals surface area contributed by atoms with Crippen molar-refractivity contribution in [2.24, 2.45) is 10.8 Å². The van der Waals surface area contributed by atoms with Crippen LogP contribution in [0.25, 0.3) is 0 Å². The first-order valence-corrected chi connectivity index (χ1v) is 9.11. The number of Topliss-reactive ketones (excluding diaryl/α,β-unsaturated/α-hetero) is 4. The van der Waals surface area contributed by atoms with Crippen LogP contribution < -0.4 is 0 Å². The lowest BCUT2D eigenvalue weighted by molar-refractivity contribution is -0.145. The van der Waals surface area contributed by atoms with E-state index >= 15 is 0 Å². The molecule has 2 aliphatic carbocycles. The van der Waals surface area contributed by atoms with Crippen molar-refractivity contribution >= 4 is 35.1 Å². The number of ether oxygens (including phenoxy) is 2. The third-order valence-electron chi connectivity index (χ3n) is 4.77. The third kappa shape index (κ3) is 4.12. The summed E-state index contributed by atoms with van der Waals surface area (Å²) in [6, 6.07) is 0. The first-order chi connectivity index (χ1) is 13.7. The molecular weight excluding hydrogens is 392 g/mol. The fraction of sp³-hybridized carbons (Fsp3) is 0.364. The van der Waals surface area contributed by atoms with Crippen LogP contribution in [-0.2, 0) is 38.2 Å². The molecule has 2 rings (SSSR count). The summed E-state index contributed by atoms with van der Waals surface area (Å²) < 4.78 is 9.83. The van der Waals surface area contributed by atoms with E-state index in [1.165, 1.54) is 39.8 Å². The molecule has 0 fully saturated rings. The van der Waals surface area contributed by atoms with Gasteiger partial charge in [0.05, 0.1) is 10.8 Å². The largest absolute Gasteiger partial charge is 0.423 e. The van der Waals surface area contributed by atoms with Gasteiger partial charge in [0.15, 0.2) is 23.1 Å². The molecule has 0 atom stereocenters. The third-order valence-corrected chi connectivity index (χ3v) is 4.77. The maximum Gasteiger partial charge on any atom is 0.308 e. The fourth-order valence-corrected chi connectivity index (χ4v) is 2.98. The van der Waals surface area contributed by atoms with Crippen molar-refractivity contribution in [3.05, 3.63) is 47.0 Å². The Labute approximate surface area is 173 Å². The van der Waals surface area contributed by atoms with E-state index in [9.17, 15) is 28.8 Å². The van der Waals surface area contributed by atoms with Crippen LogP contribution in [0.15, 0.2) is 47.0 Å². The number of hydrogen-bond donors (Lipinski definition) is 0. The zero-order chi connectivity index (χ0) is 23.0. The maximum absolute atomic E-state index is 12.7. The Morgan fingerprint density at radius 1 is 0.667 bits per heavy atom. The number of carbonyl (C=O) groups excluding carboxylic acids is 6. The summed E-state index contributed by atoms with van der Waals surface area (Å²) in [7, 11) is 0. The molecule has 0 aromatic rings. The molecule has 0 bridgehead atoms. The molecule has 158 valence electrons. The minimum Gasteiger partial charge on any atom is -0.423 e. The number of allylic oxidation sites excluding steroid dienone is 8. The van der Waals surface area contributed by atoms with Crippen LogP contribution in [-0.4, -0.2) is 35.1 Å². The standard InChI is InChI=1S/C22H22O8/c1-11(23)29-15-9-13(17(25)21(3,4)19(15)27)7-8-14-10-16(30-12(2)24)20(28)22(5,6)18(14)26/h7-10H,1-6H3/b13-7-,14-8-. The van der Waals surface area contributed by atoms with E-state index in [0.717, 1.165) is 26.0 Å². The minimum atomic E-state index is -1.46. The van der Waals surface area contributed by atoms with Gasteiger partial charge in [-0.25, -0.2) is 0 Å². The van der Waals surface area contributed by atoms with Gasteiger partial charge < -0.3 is 9.47 Å². The summed E-state index contributed by atoms with van der Waals surface area (Å²) in [5.74, 6) is -4.30. The van der Waals surface area contributed by atoms with Gasteiger partial charge in [0, 0.05) is 25.0 Å². The summed E-state index contributed by atoms with van der Waals surface area (Å²) in [6.07, 6.45) is 4.85. The summed E-state index contributed by atoms with van der Waals surface area (Å²) in [4.78, 5) is 72.8. The van der Waals surface area contributed by atoms with Crippen molar-refractivity contribution in [2.75, 3.05) is 0 Å². The van der Waals surface area contributed by atoms with Gasteiger partial charge in [-0.05, 0) is 39.8 Å². The Balaban J connectivity index is 2.59. The van der Waals surface area contributed by atoms with Gasteiger partial charge in [0.25, 0.3) is 0 Å². The van der Waals surface area contributed by atoms with Gasteiger partial charge in [0.1, 0.15) is 0 Å². The van der Waals surface area contributed by atoms with Crippen LogP contribution in [0.4, 0.5) is 0 Å². The smallest absolute Gasteiger partial charge is 0.308 e. The Hall–Kier alpha value is -3.42. The molecule has 0 spiro atoms. The molecule has 0 aliphatic heterocycles. The molecule has 0 amide bonds. The SMILES string of the molecule is CC(=O)OC1=C/C(=C/C=C2/C=C(OC(C)=O)C(=O)C(C)(C)C2=O)C(=O)C(C)(C)C1=O. The highest BCUT2D eigenvalue weighted by atomic mass is 16.5. The summed E-state index contributed by atoms with van der Waals surface area (Å²) in [5, 5.41) is 0. The normalized spacial score (nSPS) is 23.3. The van der Waals surface area contributed by atoms with Crippen LogP contribution in [0.3, 0.4) is 0 Å². The van der Waals surface area contributed by atoms with Gasteiger partial charge in [-0.3, -0.25) is 28.8 Å². The van der Waals surface area contributed by atoms with Crippen molar-refractivity contribution in [2.45, 2.75) is 41.5 Å². The van der Waals surface area contributed by atoms with Gasteiger partial charge in [-0.15, -0.1) is 0 Å². The molecule has 0 heterocycles. The molecule has 0 saturated heterocycles. The van der Waals surface area contributed by atoms with Crippen molar-refractivity contribution in [1.82, 2.24) is 0 Å². The molecule has 0 aromatic heterocycles. The van der Waals surface area contributed by atoms with E-state index in [1.54, 1.807) is 0 Å². The minimum absolute atomic E-state index is 0.0355. The van der Waals surface area contributed by atoms with E-state index in [2.05, 4.69) is 0 Å². The van der Waals surface area contributed by atoms with Crippen molar-refractivity contribution in [1.29, 1.82) is 0 Å². The second-order valence-corrected chi connectivity index (χ2v) is 8.01. The first-order valence-electron chi connectivity index (χ1n) is 9.11. The fourth-order valence-electron chi connectivity index (χ4n) is 2.98. The average Bonchev–Trinajstić information content (AvgIpc) is 2.63. The van der Waals surface area contributed by atoms with E-state index in [0.29, 0.717) is 0 Å². The van der Waals surface area contributed by atoms with Gasteiger partial charge in [0.2, 0.25) is 11.6 Å². The van der Waals surface area contributed by atoms with Gasteiger partial charge in [-0.1, -0.05) is 12.2 Å². The number of rotatable bonds is 3. The molecule has 0 saturated carbocycles. The van der Waals surface area contributed by atoms with Crippen molar-refractivity contribution in [3.63, 3.8) is 0 Å². The van der Waals surface area contributed by atoms with E-state index in [-0.39, 0.29) is 22.7 Å².